The van der Waals surface area contributed by atoms with Crippen molar-refractivity contribution in [2.75, 3.05) is 18.0 Å². The van der Waals surface area contributed by atoms with Gasteiger partial charge in [-0.2, -0.15) is 0 Å². The molecule has 108 valence electrons. The molecule has 3 nitrogen and oxygen atoms in total. The second-order valence-electron chi connectivity index (χ2n) is 5.84. The van der Waals surface area contributed by atoms with Gasteiger partial charge in [0.05, 0.1) is 17.2 Å². The average molecular weight is 282 g/mol. The molecule has 0 aliphatic carbocycles. The number of nitrogens with zero attached hydrogens (tertiary/aromatic N) is 2. The zero-order chi connectivity index (χ0) is 13.8. The molecule has 1 aromatic rings. The van der Waals surface area contributed by atoms with E-state index < -0.39 is 0 Å². The van der Waals surface area contributed by atoms with Crippen molar-refractivity contribution in [3.63, 3.8) is 0 Å². The van der Waals surface area contributed by atoms with Gasteiger partial charge in [-0.05, 0) is 31.1 Å². The fourth-order valence-electron chi connectivity index (χ4n) is 2.82. The molecule has 1 saturated heterocycles. The summed E-state index contributed by atoms with van der Waals surface area (Å²) < 4.78 is 0. The van der Waals surface area contributed by atoms with Gasteiger partial charge in [0.2, 0.25) is 0 Å². The Balaban J connectivity index is 2.03. The number of aromatic nitrogens is 1. The standard InChI is InChI=1S/C15H26N2OS/c1-4-5-13-14(10-18)19-15(16-13)17-8-6-12(7-9-17)11(2)3/h11-12,18H,4-10H2,1-3H3. The molecule has 1 aliphatic heterocycles. The second-order valence-corrected chi connectivity index (χ2v) is 6.90. The Bertz CT molecular complexity index is 395. The highest BCUT2D eigenvalue weighted by Crippen LogP contribution is 2.32. The monoisotopic (exact) mass is 282 g/mol. The van der Waals surface area contributed by atoms with Crippen molar-refractivity contribution in [1.82, 2.24) is 4.98 Å². The molecule has 0 bridgehead atoms. The predicted octanol–water partition coefficient (Wildman–Crippen LogP) is 3.46. The summed E-state index contributed by atoms with van der Waals surface area (Å²) in [7, 11) is 0. The van der Waals surface area contributed by atoms with Gasteiger partial charge < -0.3 is 10.0 Å². The topological polar surface area (TPSA) is 36.4 Å². The van der Waals surface area contributed by atoms with E-state index in [0.717, 1.165) is 53.5 Å². The second kappa shape index (κ2) is 6.71. The Morgan fingerprint density at radius 2 is 2.05 bits per heavy atom. The maximum atomic E-state index is 9.42. The number of anilines is 1. The molecule has 1 N–H and O–H groups in total. The molecule has 0 atom stereocenters. The first-order valence-corrected chi connectivity index (χ1v) is 8.31. The molecule has 0 radical (unpaired) electrons. The van der Waals surface area contributed by atoms with Crippen LogP contribution in [0.1, 0.15) is 50.6 Å². The number of piperidine rings is 1. The van der Waals surface area contributed by atoms with Crippen molar-refractivity contribution < 1.29 is 5.11 Å². The third-order valence-corrected chi connectivity index (χ3v) is 5.29. The summed E-state index contributed by atoms with van der Waals surface area (Å²) in [6.07, 6.45) is 4.62. The van der Waals surface area contributed by atoms with Crippen LogP contribution in [0.5, 0.6) is 0 Å². The molecule has 19 heavy (non-hydrogen) atoms. The molecule has 0 saturated carbocycles. The quantitative estimate of drug-likeness (QED) is 0.898. The van der Waals surface area contributed by atoms with E-state index >= 15 is 0 Å². The summed E-state index contributed by atoms with van der Waals surface area (Å²) in [6.45, 7) is 9.18. The number of hydrogen-bond acceptors (Lipinski definition) is 4. The third-order valence-electron chi connectivity index (χ3n) is 4.15. The van der Waals surface area contributed by atoms with E-state index in [-0.39, 0.29) is 6.61 Å². The van der Waals surface area contributed by atoms with Gasteiger partial charge in [0, 0.05) is 13.1 Å². The Hall–Kier alpha value is -0.610. The van der Waals surface area contributed by atoms with Gasteiger partial charge in [-0.1, -0.05) is 38.5 Å². The summed E-state index contributed by atoms with van der Waals surface area (Å²) in [5.41, 5.74) is 1.11. The van der Waals surface area contributed by atoms with Crippen LogP contribution in [-0.2, 0) is 13.0 Å². The number of aliphatic hydroxyl groups is 1. The van der Waals surface area contributed by atoms with Gasteiger partial charge >= 0.3 is 0 Å². The summed E-state index contributed by atoms with van der Waals surface area (Å²) in [5.74, 6) is 1.66. The van der Waals surface area contributed by atoms with Crippen LogP contribution in [0.25, 0.3) is 0 Å². The lowest BCUT2D eigenvalue weighted by atomic mass is 9.87. The Labute approximate surface area is 120 Å². The number of rotatable bonds is 5. The number of aryl methyl sites for hydroxylation is 1. The van der Waals surface area contributed by atoms with Crippen molar-refractivity contribution >= 4 is 16.5 Å². The van der Waals surface area contributed by atoms with E-state index in [9.17, 15) is 5.11 Å². The highest BCUT2D eigenvalue weighted by atomic mass is 32.1. The molecule has 1 aromatic heterocycles. The van der Waals surface area contributed by atoms with Gasteiger partial charge in [-0.25, -0.2) is 4.98 Å². The molecule has 0 aromatic carbocycles. The normalized spacial score (nSPS) is 17.4. The van der Waals surface area contributed by atoms with Gasteiger partial charge in [0.25, 0.3) is 0 Å². The maximum absolute atomic E-state index is 9.42. The molecule has 0 unspecified atom stereocenters. The molecule has 2 heterocycles. The lowest BCUT2D eigenvalue weighted by Gasteiger charge is -2.33. The number of aliphatic hydroxyl groups excluding tert-OH is 1. The fraction of sp³-hybridized carbons (Fsp3) is 0.800. The number of hydrogen-bond donors (Lipinski definition) is 1. The van der Waals surface area contributed by atoms with Crippen molar-refractivity contribution in [3.8, 4) is 0 Å². The number of thiazole rings is 1. The van der Waals surface area contributed by atoms with E-state index in [0.29, 0.717) is 0 Å². The van der Waals surface area contributed by atoms with E-state index in [2.05, 4.69) is 25.7 Å². The maximum Gasteiger partial charge on any atom is 0.185 e. The Morgan fingerprint density at radius 3 is 2.58 bits per heavy atom. The zero-order valence-electron chi connectivity index (χ0n) is 12.4. The van der Waals surface area contributed by atoms with Crippen LogP contribution in [0, 0.1) is 11.8 Å². The van der Waals surface area contributed by atoms with Crippen LogP contribution in [0.4, 0.5) is 5.13 Å². The first-order chi connectivity index (χ1) is 9.15. The van der Waals surface area contributed by atoms with Gasteiger partial charge in [-0.15, -0.1) is 0 Å². The minimum absolute atomic E-state index is 0.134. The SMILES string of the molecule is CCCc1nc(N2CCC(C(C)C)CC2)sc1CO. The van der Waals surface area contributed by atoms with Gasteiger partial charge in [-0.3, -0.25) is 0 Å². The smallest absolute Gasteiger partial charge is 0.185 e. The van der Waals surface area contributed by atoms with Gasteiger partial charge in [0.1, 0.15) is 0 Å². The summed E-state index contributed by atoms with van der Waals surface area (Å²) >= 11 is 1.68. The molecular weight excluding hydrogens is 256 g/mol. The van der Waals surface area contributed by atoms with Crippen molar-refractivity contribution in [2.24, 2.45) is 11.8 Å². The Kier molecular flexibility index (Phi) is 5.22. The summed E-state index contributed by atoms with van der Waals surface area (Å²) in [5, 5.41) is 10.5. The van der Waals surface area contributed by atoms with Crippen LogP contribution in [0.3, 0.4) is 0 Å². The predicted molar refractivity (Wildman–Crippen MR) is 81.8 cm³/mol. The van der Waals surface area contributed by atoms with Crippen LogP contribution in [0.15, 0.2) is 0 Å². The van der Waals surface area contributed by atoms with Crippen molar-refractivity contribution in [1.29, 1.82) is 0 Å². The average Bonchev–Trinajstić information content (AvgIpc) is 2.82. The van der Waals surface area contributed by atoms with E-state index in [1.807, 2.05) is 0 Å². The lowest BCUT2D eigenvalue weighted by Crippen LogP contribution is -2.35. The molecule has 0 amide bonds. The first-order valence-electron chi connectivity index (χ1n) is 7.50. The largest absolute Gasteiger partial charge is 0.391 e. The molecule has 2 rings (SSSR count). The van der Waals surface area contributed by atoms with Crippen LogP contribution in [0.2, 0.25) is 0 Å². The zero-order valence-corrected chi connectivity index (χ0v) is 13.2. The molecule has 4 heteroatoms. The summed E-state index contributed by atoms with van der Waals surface area (Å²) in [4.78, 5) is 8.21. The summed E-state index contributed by atoms with van der Waals surface area (Å²) in [6, 6.07) is 0. The van der Waals surface area contributed by atoms with E-state index in [4.69, 9.17) is 4.98 Å². The lowest BCUT2D eigenvalue weighted by molar-refractivity contribution is 0.284. The van der Waals surface area contributed by atoms with Crippen LogP contribution in [-0.4, -0.2) is 23.2 Å². The Morgan fingerprint density at radius 1 is 1.37 bits per heavy atom. The third kappa shape index (κ3) is 3.48. The molecular formula is C15H26N2OS. The van der Waals surface area contributed by atoms with Crippen molar-refractivity contribution in [2.45, 2.75) is 53.1 Å². The fourth-order valence-corrected chi connectivity index (χ4v) is 3.84. The highest BCUT2D eigenvalue weighted by molar-refractivity contribution is 7.15. The minimum atomic E-state index is 0.134. The first kappa shape index (κ1) is 14.8. The van der Waals surface area contributed by atoms with Crippen LogP contribution >= 0.6 is 11.3 Å². The molecule has 1 aliphatic rings. The molecule has 0 spiro atoms. The van der Waals surface area contributed by atoms with E-state index in [1.165, 1.54) is 12.8 Å². The van der Waals surface area contributed by atoms with Gasteiger partial charge in [0.15, 0.2) is 5.13 Å². The highest BCUT2D eigenvalue weighted by Gasteiger charge is 2.24. The van der Waals surface area contributed by atoms with Crippen molar-refractivity contribution in [3.05, 3.63) is 10.6 Å². The van der Waals surface area contributed by atoms with Crippen LogP contribution < -0.4 is 4.90 Å². The van der Waals surface area contributed by atoms with E-state index in [1.54, 1.807) is 11.3 Å². The minimum Gasteiger partial charge on any atom is -0.391 e. The molecule has 1 fully saturated rings.